The second kappa shape index (κ2) is 8.18. The van der Waals surface area contributed by atoms with Crippen LogP contribution in [0.4, 0.5) is 0 Å². The molecule has 3 aromatic rings. The third-order valence-corrected chi connectivity index (χ3v) is 5.04. The van der Waals surface area contributed by atoms with Crippen LogP contribution in [0.5, 0.6) is 11.5 Å². The van der Waals surface area contributed by atoms with Gasteiger partial charge in [-0.3, -0.25) is 4.79 Å². The number of halogens is 1. The van der Waals surface area contributed by atoms with Crippen LogP contribution in [0, 0.1) is 0 Å². The van der Waals surface area contributed by atoms with E-state index < -0.39 is 0 Å². The molecule has 0 unspecified atom stereocenters. The highest BCUT2D eigenvalue weighted by Crippen LogP contribution is 2.21. The zero-order chi connectivity index (χ0) is 17.6. The molecule has 3 rings (SSSR count). The Kier molecular flexibility index (Phi) is 5.73. The van der Waals surface area contributed by atoms with E-state index in [0.717, 1.165) is 16.0 Å². The molecule has 2 aromatic heterocycles. The molecular formula is C19H15BrO4S. The van der Waals surface area contributed by atoms with Crippen molar-refractivity contribution in [3.8, 4) is 11.5 Å². The highest BCUT2D eigenvalue weighted by Gasteiger charge is 2.06. The van der Waals surface area contributed by atoms with Crippen molar-refractivity contribution >= 4 is 39.1 Å². The topological polar surface area (TPSA) is 48.7 Å². The van der Waals surface area contributed by atoms with Gasteiger partial charge in [0.05, 0.1) is 12.0 Å². The van der Waals surface area contributed by atoms with Crippen LogP contribution in [0.1, 0.15) is 21.2 Å². The molecule has 0 aliphatic heterocycles. The van der Waals surface area contributed by atoms with Gasteiger partial charge in [-0.15, -0.1) is 11.3 Å². The molecule has 0 fully saturated rings. The van der Waals surface area contributed by atoms with Crippen molar-refractivity contribution in [1.82, 2.24) is 0 Å². The number of hydrogen-bond acceptors (Lipinski definition) is 5. The van der Waals surface area contributed by atoms with Crippen molar-refractivity contribution in [2.24, 2.45) is 0 Å². The zero-order valence-corrected chi connectivity index (χ0v) is 15.8. The number of furan rings is 1. The maximum absolute atomic E-state index is 12.0. The van der Waals surface area contributed by atoms with E-state index in [1.54, 1.807) is 25.3 Å². The van der Waals surface area contributed by atoms with Crippen molar-refractivity contribution in [1.29, 1.82) is 0 Å². The highest BCUT2D eigenvalue weighted by atomic mass is 79.9. The molecule has 0 amide bonds. The van der Waals surface area contributed by atoms with Crippen LogP contribution >= 0.6 is 27.3 Å². The Bertz CT molecular complexity index is 877. The Labute approximate surface area is 157 Å². The number of hydrogen-bond donors (Lipinski definition) is 0. The van der Waals surface area contributed by atoms with Gasteiger partial charge < -0.3 is 13.9 Å². The van der Waals surface area contributed by atoms with E-state index in [0.29, 0.717) is 23.0 Å². The van der Waals surface area contributed by atoms with Crippen molar-refractivity contribution in [3.63, 3.8) is 0 Å². The molecule has 128 valence electrons. The minimum Gasteiger partial charge on any atom is -0.497 e. The van der Waals surface area contributed by atoms with Gasteiger partial charge in [-0.05, 0) is 70.5 Å². The second-order valence-electron chi connectivity index (χ2n) is 5.10. The number of benzene rings is 1. The Balaban J connectivity index is 1.56. The third kappa shape index (κ3) is 4.84. The van der Waals surface area contributed by atoms with Gasteiger partial charge in [0, 0.05) is 9.85 Å². The van der Waals surface area contributed by atoms with E-state index in [2.05, 4.69) is 15.9 Å². The summed E-state index contributed by atoms with van der Waals surface area (Å²) in [6, 6.07) is 12.8. The normalized spacial score (nSPS) is 11.0. The fourth-order valence-corrected chi connectivity index (χ4v) is 3.42. The van der Waals surface area contributed by atoms with Crippen LogP contribution in [0.15, 0.2) is 62.8 Å². The Morgan fingerprint density at radius 1 is 1.20 bits per heavy atom. The summed E-state index contributed by atoms with van der Waals surface area (Å²) >= 11 is 4.74. The van der Waals surface area contributed by atoms with Crippen LogP contribution in [0.2, 0.25) is 0 Å². The number of allylic oxidation sites excluding steroid dienone is 1. The summed E-state index contributed by atoms with van der Waals surface area (Å²) in [5.41, 5.74) is 0. The van der Waals surface area contributed by atoms with Gasteiger partial charge in [-0.25, -0.2) is 0 Å². The average Bonchev–Trinajstić information content (AvgIpc) is 3.27. The van der Waals surface area contributed by atoms with Crippen molar-refractivity contribution in [2.75, 3.05) is 7.11 Å². The van der Waals surface area contributed by atoms with Gasteiger partial charge >= 0.3 is 0 Å². The average molecular weight is 419 g/mol. The molecule has 0 N–H and O–H groups in total. The highest BCUT2D eigenvalue weighted by molar-refractivity contribution is 9.10. The monoisotopic (exact) mass is 418 g/mol. The summed E-state index contributed by atoms with van der Waals surface area (Å²) in [6.45, 7) is 0.311. The maximum Gasteiger partial charge on any atom is 0.195 e. The number of carbonyl (C=O) groups is 1. The lowest BCUT2D eigenvalue weighted by Gasteiger charge is -2.05. The van der Waals surface area contributed by atoms with E-state index in [9.17, 15) is 4.79 Å². The number of methoxy groups -OCH3 is 1. The molecule has 0 saturated heterocycles. The summed E-state index contributed by atoms with van der Waals surface area (Å²) in [4.78, 5) is 12.7. The molecule has 0 aliphatic rings. The van der Waals surface area contributed by atoms with Gasteiger partial charge in [-0.2, -0.15) is 0 Å². The molecule has 1 aromatic carbocycles. The third-order valence-electron chi connectivity index (χ3n) is 3.33. The van der Waals surface area contributed by atoms with E-state index in [-0.39, 0.29) is 5.78 Å². The number of rotatable bonds is 7. The molecule has 2 heterocycles. The first-order valence-electron chi connectivity index (χ1n) is 7.46. The van der Waals surface area contributed by atoms with Crippen LogP contribution in [-0.2, 0) is 6.61 Å². The van der Waals surface area contributed by atoms with E-state index >= 15 is 0 Å². The molecule has 0 saturated carbocycles. The van der Waals surface area contributed by atoms with E-state index in [1.165, 1.54) is 17.4 Å². The van der Waals surface area contributed by atoms with Crippen molar-refractivity contribution in [3.05, 3.63) is 74.8 Å². The Hall–Kier alpha value is -2.31. The molecule has 0 spiro atoms. The fourth-order valence-electron chi connectivity index (χ4n) is 2.07. The van der Waals surface area contributed by atoms with Gasteiger partial charge in [0.15, 0.2) is 5.78 Å². The maximum atomic E-state index is 12.0. The summed E-state index contributed by atoms with van der Waals surface area (Å²) in [5.74, 6) is 2.75. The predicted octanol–water partition coefficient (Wildman–Crippen LogP) is 5.59. The van der Waals surface area contributed by atoms with Gasteiger partial charge in [0.2, 0.25) is 0 Å². The fraction of sp³-hybridized carbons (Fsp3) is 0.105. The molecule has 0 atom stereocenters. The van der Waals surface area contributed by atoms with Crippen LogP contribution in [-0.4, -0.2) is 12.9 Å². The largest absolute Gasteiger partial charge is 0.497 e. The van der Waals surface area contributed by atoms with Gasteiger partial charge in [0.25, 0.3) is 0 Å². The van der Waals surface area contributed by atoms with Gasteiger partial charge in [0.1, 0.15) is 29.6 Å². The first kappa shape index (κ1) is 17.5. The second-order valence-corrected chi connectivity index (χ2v) is 6.92. The summed E-state index contributed by atoms with van der Waals surface area (Å²) in [7, 11) is 1.62. The Morgan fingerprint density at radius 3 is 2.64 bits per heavy atom. The van der Waals surface area contributed by atoms with Crippen LogP contribution < -0.4 is 9.47 Å². The van der Waals surface area contributed by atoms with Gasteiger partial charge in [-0.1, -0.05) is 0 Å². The lowest BCUT2D eigenvalue weighted by Crippen LogP contribution is -1.93. The van der Waals surface area contributed by atoms with Crippen LogP contribution in [0.25, 0.3) is 6.08 Å². The van der Waals surface area contributed by atoms with E-state index in [4.69, 9.17) is 13.9 Å². The molecule has 4 nitrogen and oxygen atoms in total. The lowest BCUT2D eigenvalue weighted by atomic mass is 10.3. The number of ketones is 1. The SMILES string of the molecule is COc1ccc(OCc2ccc(/C=C/C(=O)c3cc(Br)cs3)o2)cc1. The number of carbonyl (C=O) groups excluding carboxylic acids is 1. The zero-order valence-electron chi connectivity index (χ0n) is 13.4. The minimum atomic E-state index is -0.0527. The minimum absolute atomic E-state index is 0.0527. The van der Waals surface area contributed by atoms with Crippen LogP contribution in [0.3, 0.4) is 0 Å². The first-order valence-corrected chi connectivity index (χ1v) is 9.13. The number of ether oxygens (including phenoxy) is 2. The molecule has 0 aliphatic carbocycles. The van der Waals surface area contributed by atoms with E-state index in [1.807, 2.05) is 35.7 Å². The standard InChI is InChI=1S/C19H15BrO4S/c1-22-14-2-4-15(5-3-14)23-11-17-7-6-16(24-17)8-9-18(21)19-10-13(20)12-25-19/h2-10,12H,11H2,1H3/b9-8+. The molecular weight excluding hydrogens is 404 g/mol. The smallest absolute Gasteiger partial charge is 0.195 e. The molecule has 0 bridgehead atoms. The first-order chi connectivity index (χ1) is 12.1. The summed E-state index contributed by atoms with van der Waals surface area (Å²) in [5, 5.41) is 1.88. The number of thiophene rings is 1. The summed E-state index contributed by atoms with van der Waals surface area (Å²) in [6.07, 6.45) is 3.16. The summed E-state index contributed by atoms with van der Waals surface area (Å²) < 4.78 is 17.3. The lowest BCUT2D eigenvalue weighted by molar-refractivity contribution is 0.105. The molecule has 0 radical (unpaired) electrons. The molecule has 25 heavy (non-hydrogen) atoms. The Morgan fingerprint density at radius 2 is 1.96 bits per heavy atom. The van der Waals surface area contributed by atoms with Crippen molar-refractivity contribution in [2.45, 2.75) is 6.61 Å². The predicted molar refractivity (Wildman–Crippen MR) is 101 cm³/mol. The van der Waals surface area contributed by atoms with Crippen molar-refractivity contribution < 1.29 is 18.7 Å². The molecule has 6 heteroatoms. The quantitative estimate of drug-likeness (QED) is 0.370.